The van der Waals surface area contributed by atoms with Gasteiger partial charge in [-0.25, -0.2) is 4.79 Å². The smallest absolute Gasteiger partial charge is 0.315 e. The Bertz CT molecular complexity index is 255. The Morgan fingerprint density at radius 2 is 2.06 bits per heavy atom. The van der Waals surface area contributed by atoms with Gasteiger partial charge in [-0.2, -0.15) is 0 Å². The fourth-order valence-electron chi connectivity index (χ4n) is 2.89. The molecule has 2 heterocycles. The monoisotopic (exact) mass is 225 g/mol. The SMILES string of the molecule is CC(C)NC(=O)NC1CCN2CCCCC12. The summed E-state index contributed by atoms with van der Waals surface area (Å²) in [7, 11) is 0. The van der Waals surface area contributed by atoms with Crippen LogP contribution >= 0.6 is 0 Å². The highest BCUT2D eigenvalue weighted by molar-refractivity contribution is 5.74. The molecule has 0 aromatic heterocycles. The molecule has 0 aromatic rings. The molecule has 92 valence electrons. The summed E-state index contributed by atoms with van der Waals surface area (Å²) in [5.41, 5.74) is 0. The molecular weight excluding hydrogens is 202 g/mol. The minimum atomic E-state index is -0.00702. The molecule has 2 aliphatic rings. The maximum Gasteiger partial charge on any atom is 0.315 e. The molecule has 0 bridgehead atoms. The van der Waals surface area contributed by atoms with Gasteiger partial charge in [0.2, 0.25) is 0 Å². The first-order chi connectivity index (χ1) is 7.66. The zero-order chi connectivity index (χ0) is 11.5. The second-order valence-electron chi connectivity index (χ2n) is 5.27. The number of carbonyl (C=O) groups excluding carboxylic acids is 1. The molecule has 4 nitrogen and oxygen atoms in total. The van der Waals surface area contributed by atoms with Crippen LogP contribution in [0.3, 0.4) is 0 Å². The highest BCUT2D eigenvalue weighted by Crippen LogP contribution is 2.26. The van der Waals surface area contributed by atoms with E-state index in [9.17, 15) is 4.79 Å². The standard InChI is InChI=1S/C12H23N3O/c1-9(2)13-12(16)14-10-6-8-15-7-4-3-5-11(10)15/h9-11H,3-8H2,1-2H3,(H2,13,14,16). The van der Waals surface area contributed by atoms with Crippen molar-refractivity contribution < 1.29 is 4.79 Å². The van der Waals surface area contributed by atoms with Gasteiger partial charge in [0.25, 0.3) is 0 Å². The molecule has 2 amide bonds. The minimum absolute atomic E-state index is 0.00702. The maximum absolute atomic E-state index is 11.6. The molecule has 4 heteroatoms. The first kappa shape index (κ1) is 11.7. The maximum atomic E-state index is 11.6. The van der Waals surface area contributed by atoms with Crippen molar-refractivity contribution in [2.45, 2.75) is 57.7 Å². The van der Waals surface area contributed by atoms with E-state index in [4.69, 9.17) is 0 Å². The molecule has 0 aliphatic carbocycles. The number of urea groups is 1. The van der Waals surface area contributed by atoms with Crippen molar-refractivity contribution in [2.24, 2.45) is 0 Å². The average molecular weight is 225 g/mol. The van der Waals surface area contributed by atoms with Crippen LogP contribution in [0.1, 0.15) is 39.5 Å². The van der Waals surface area contributed by atoms with Crippen LogP contribution in [0.4, 0.5) is 4.79 Å². The molecule has 0 spiro atoms. The molecule has 0 saturated carbocycles. The van der Waals surface area contributed by atoms with Crippen molar-refractivity contribution in [1.29, 1.82) is 0 Å². The Hall–Kier alpha value is -0.770. The minimum Gasteiger partial charge on any atom is -0.336 e. The van der Waals surface area contributed by atoms with Crippen LogP contribution in [-0.2, 0) is 0 Å². The van der Waals surface area contributed by atoms with E-state index in [-0.39, 0.29) is 12.1 Å². The lowest BCUT2D eigenvalue weighted by atomic mass is 9.99. The highest BCUT2D eigenvalue weighted by Gasteiger charge is 2.36. The average Bonchev–Trinajstić information content (AvgIpc) is 2.61. The molecule has 2 rings (SSSR count). The highest BCUT2D eigenvalue weighted by atomic mass is 16.2. The van der Waals surface area contributed by atoms with Gasteiger partial charge in [-0.1, -0.05) is 6.42 Å². The predicted octanol–water partition coefficient (Wildman–Crippen LogP) is 1.32. The van der Waals surface area contributed by atoms with Crippen LogP contribution in [0.15, 0.2) is 0 Å². The zero-order valence-electron chi connectivity index (χ0n) is 10.3. The van der Waals surface area contributed by atoms with Gasteiger partial charge >= 0.3 is 6.03 Å². The van der Waals surface area contributed by atoms with Gasteiger partial charge in [0.15, 0.2) is 0 Å². The van der Waals surface area contributed by atoms with E-state index in [2.05, 4.69) is 15.5 Å². The number of fused-ring (bicyclic) bond motifs is 1. The predicted molar refractivity (Wildman–Crippen MR) is 64.4 cm³/mol. The van der Waals surface area contributed by atoms with Crippen molar-refractivity contribution in [2.75, 3.05) is 13.1 Å². The van der Waals surface area contributed by atoms with Crippen LogP contribution in [0.25, 0.3) is 0 Å². The van der Waals surface area contributed by atoms with Crippen LogP contribution in [0, 0.1) is 0 Å². The summed E-state index contributed by atoms with van der Waals surface area (Å²) in [4.78, 5) is 14.2. The van der Waals surface area contributed by atoms with Gasteiger partial charge in [0, 0.05) is 24.7 Å². The first-order valence-corrected chi connectivity index (χ1v) is 6.48. The molecule has 16 heavy (non-hydrogen) atoms. The topological polar surface area (TPSA) is 44.4 Å². The van der Waals surface area contributed by atoms with Crippen molar-refractivity contribution in [3.05, 3.63) is 0 Å². The molecule has 2 aliphatic heterocycles. The molecule has 2 fully saturated rings. The third kappa shape index (κ3) is 2.67. The number of amides is 2. The zero-order valence-corrected chi connectivity index (χ0v) is 10.3. The summed E-state index contributed by atoms with van der Waals surface area (Å²) in [6.45, 7) is 6.34. The normalized spacial score (nSPS) is 30.2. The van der Waals surface area contributed by atoms with E-state index in [0.29, 0.717) is 12.1 Å². The molecule has 0 aromatic carbocycles. The van der Waals surface area contributed by atoms with Crippen LogP contribution in [0.2, 0.25) is 0 Å². The largest absolute Gasteiger partial charge is 0.336 e. The Balaban J connectivity index is 1.83. The van der Waals surface area contributed by atoms with Gasteiger partial charge < -0.3 is 10.6 Å². The van der Waals surface area contributed by atoms with Gasteiger partial charge in [0.05, 0.1) is 0 Å². The number of piperidine rings is 1. The van der Waals surface area contributed by atoms with E-state index in [1.54, 1.807) is 0 Å². The van der Waals surface area contributed by atoms with Crippen LogP contribution in [0.5, 0.6) is 0 Å². The second kappa shape index (κ2) is 5.04. The lowest BCUT2D eigenvalue weighted by Gasteiger charge is -2.32. The number of hydrogen-bond donors (Lipinski definition) is 2. The fourth-order valence-corrected chi connectivity index (χ4v) is 2.89. The summed E-state index contributed by atoms with van der Waals surface area (Å²) in [6, 6.07) is 1.15. The van der Waals surface area contributed by atoms with Crippen molar-refractivity contribution >= 4 is 6.03 Å². The summed E-state index contributed by atoms with van der Waals surface area (Å²) >= 11 is 0. The Kier molecular flexibility index (Phi) is 3.69. The second-order valence-corrected chi connectivity index (χ2v) is 5.27. The molecular formula is C12H23N3O. The Morgan fingerprint density at radius 1 is 1.25 bits per heavy atom. The summed E-state index contributed by atoms with van der Waals surface area (Å²) in [6.07, 6.45) is 4.98. The van der Waals surface area contributed by atoms with Gasteiger partial charge in [-0.3, -0.25) is 4.90 Å². The van der Waals surface area contributed by atoms with E-state index < -0.39 is 0 Å². The first-order valence-electron chi connectivity index (χ1n) is 6.48. The van der Waals surface area contributed by atoms with Gasteiger partial charge in [-0.05, 0) is 39.7 Å². The third-order valence-corrected chi connectivity index (χ3v) is 3.59. The quantitative estimate of drug-likeness (QED) is 0.744. The number of hydrogen-bond acceptors (Lipinski definition) is 2. The lowest BCUT2D eigenvalue weighted by molar-refractivity contribution is 0.178. The number of nitrogens with one attached hydrogen (secondary N) is 2. The van der Waals surface area contributed by atoms with Crippen LogP contribution in [-0.4, -0.2) is 42.1 Å². The van der Waals surface area contributed by atoms with E-state index in [0.717, 1.165) is 13.0 Å². The molecule has 2 saturated heterocycles. The van der Waals surface area contributed by atoms with E-state index in [1.165, 1.54) is 25.8 Å². The Labute approximate surface area is 97.8 Å². The molecule has 2 unspecified atom stereocenters. The van der Waals surface area contributed by atoms with Crippen LogP contribution < -0.4 is 10.6 Å². The molecule has 0 radical (unpaired) electrons. The summed E-state index contributed by atoms with van der Waals surface area (Å²) in [5.74, 6) is 0. The van der Waals surface area contributed by atoms with Gasteiger partial charge in [-0.15, -0.1) is 0 Å². The fraction of sp³-hybridized carbons (Fsp3) is 0.917. The summed E-state index contributed by atoms with van der Waals surface area (Å²) in [5, 5.41) is 6.01. The third-order valence-electron chi connectivity index (χ3n) is 3.59. The van der Waals surface area contributed by atoms with Crippen molar-refractivity contribution in [1.82, 2.24) is 15.5 Å². The van der Waals surface area contributed by atoms with E-state index >= 15 is 0 Å². The molecule has 2 N–H and O–H groups in total. The number of rotatable bonds is 2. The number of nitrogens with zero attached hydrogens (tertiary/aromatic N) is 1. The summed E-state index contributed by atoms with van der Waals surface area (Å²) < 4.78 is 0. The Morgan fingerprint density at radius 3 is 2.81 bits per heavy atom. The van der Waals surface area contributed by atoms with Crippen molar-refractivity contribution in [3.63, 3.8) is 0 Å². The van der Waals surface area contributed by atoms with E-state index in [1.807, 2.05) is 13.8 Å². The molecule has 2 atom stereocenters. The van der Waals surface area contributed by atoms with Crippen molar-refractivity contribution in [3.8, 4) is 0 Å². The van der Waals surface area contributed by atoms with Gasteiger partial charge in [0.1, 0.15) is 0 Å². The lowest BCUT2D eigenvalue weighted by Crippen LogP contribution is -2.50. The number of carbonyl (C=O) groups is 1.